The average molecular weight is 226 g/mol. The third kappa shape index (κ3) is 1.58. The number of rotatable bonds is 0. The minimum atomic E-state index is 0.625. The second-order valence-corrected chi connectivity index (χ2v) is 4.21. The molecule has 0 fully saturated rings. The van der Waals surface area contributed by atoms with Crippen LogP contribution in [-0.2, 0) is 0 Å². The van der Waals surface area contributed by atoms with Gasteiger partial charge in [-0.25, -0.2) is 0 Å². The average Bonchev–Trinajstić information content (AvgIpc) is 1.99. The smallest absolute Gasteiger partial charge is 0.0737 e. The van der Waals surface area contributed by atoms with E-state index in [0.717, 1.165) is 22.2 Å². The molecule has 0 aliphatic carbocycles. The molecule has 0 atom stereocenters. The highest BCUT2D eigenvalue weighted by molar-refractivity contribution is 6.38. The maximum absolute atomic E-state index is 6.10. The van der Waals surface area contributed by atoms with Gasteiger partial charge in [-0.05, 0) is 37.6 Å². The number of benzene rings is 1. The molecule has 2 rings (SSSR count). The van der Waals surface area contributed by atoms with Gasteiger partial charge in [0.2, 0.25) is 0 Å². The molecule has 0 saturated heterocycles. The summed E-state index contributed by atoms with van der Waals surface area (Å²) in [6.45, 7) is 3.98. The van der Waals surface area contributed by atoms with E-state index in [1.54, 1.807) is 6.07 Å². The van der Waals surface area contributed by atoms with Crippen molar-refractivity contribution in [3.8, 4) is 0 Å². The Bertz CT molecular complexity index is 463. The second-order valence-electron chi connectivity index (χ2n) is 3.36. The maximum Gasteiger partial charge on any atom is 0.0737 e. The van der Waals surface area contributed by atoms with Crippen molar-refractivity contribution in [2.45, 2.75) is 13.8 Å². The first-order valence-corrected chi connectivity index (χ1v) is 5.06. The highest BCUT2D eigenvalue weighted by atomic mass is 35.5. The number of pyridine rings is 1. The van der Waals surface area contributed by atoms with Gasteiger partial charge >= 0.3 is 0 Å². The second kappa shape index (κ2) is 3.41. The van der Waals surface area contributed by atoms with Gasteiger partial charge in [0.25, 0.3) is 0 Å². The normalized spacial score (nSPS) is 10.9. The molecule has 14 heavy (non-hydrogen) atoms. The van der Waals surface area contributed by atoms with Gasteiger partial charge in [0.05, 0.1) is 10.5 Å². The Morgan fingerprint density at radius 1 is 1.07 bits per heavy atom. The molecule has 1 aromatic heterocycles. The molecule has 3 heteroatoms. The third-order valence-corrected chi connectivity index (χ3v) is 2.67. The first-order valence-electron chi connectivity index (χ1n) is 4.31. The van der Waals surface area contributed by atoms with Crippen molar-refractivity contribution in [2.75, 3.05) is 0 Å². The van der Waals surface area contributed by atoms with Crippen LogP contribution >= 0.6 is 23.2 Å². The summed E-state index contributed by atoms with van der Waals surface area (Å²) in [5.41, 5.74) is 2.97. The molecule has 1 aromatic carbocycles. The summed E-state index contributed by atoms with van der Waals surface area (Å²) in [4.78, 5) is 4.39. The highest BCUT2D eigenvalue weighted by Gasteiger charge is 2.06. The molecular weight excluding hydrogens is 217 g/mol. The Hall–Kier alpha value is -0.790. The topological polar surface area (TPSA) is 12.9 Å². The molecule has 1 nitrogen and oxygen atoms in total. The van der Waals surface area contributed by atoms with Gasteiger partial charge in [-0.1, -0.05) is 23.2 Å². The summed E-state index contributed by atoms with van der Waals surface area (Å²) < 4.78 is 0. The standard InChI is InChI=1S/C11H9Cl2N/c1-6-3-7(2)14-10-5-8(12)4-9(13)11(6)10/h3-5H,1-2H3. The first-order chi connectivity index (χ1) is 6.58. The lowest BCUT2D eigenvalue weighted by molar-refractivity contribution is 1.23. The van der Waals surface area contributed by atoms with Crippen LogP contribution < -0.4 is 0 Å². The summed E-state index contributed by atoms with van der Waals surface area (Å²) in [6.07, 6.45) is 0. The summed E-state index contributed by atoms with van der Waals surface area (Å²) in [5.74, 6) is 0. The lowest BCUT2D eigenvalue weighted by Gasteiger charge is -2.05. The molecule has 0 radical (unpaired) electrons. The van der Waals surface area contributed by atoms with Gasteiger partial charge in [0.15, 0.2) is 0 Å². The van der Waals surface area contributed by atoms with Gasteiger partial charge in [0.1, 0.15) is 0 Å². The van der Waals surface area contributed by atoms with E-state index in [1.165, 1.54) is 0 Å². The maximum atomic E-state index is 6.10. The Morgan fingerprint density at radius 2 is 1.79 bits per heavy atom. The minimum absolute atomic E-state index is 0.625. The Kier molecular flexibility index (Phi) is 2.38. The van der Waals surface area contributed by atoms with E-state index < -0.39 is 0 Å². The van der Waals surface area contributed by atoms with Crippen LogP contribution in [0.25, 0.3) is 10.9 Å². The largest absolute Gasteiger partial charge is 0.253 e. The number of hydrogen-bond donors (Lipinski definition) is 0. The Labute approximate surface area is 92.7 Å². The van der Waals surface area contributed by atoms with Crippen molar-refractivity contribution >= 4 is 34.1 Å². The van der Waals surface area contributed by atoms with E-state index >= 15 is 0 Å². The fourth-order valence-electron chi connectivity index (χ4n) is 1.65. The van der Waals surface area contributed by atoms with Gasteiger partial charge in [0, 0.05) is 16.1 Å². The zero-order valence-corrected chi connectivity index (χ0v) is 9.45. The lowest BCUT2D eigenvalue weighted by atomic mass is 10.1. The summed E-state index contributed by atoms with van der Waals surface area (Å²) >= 11 is 12.0. The molecule has 0 spiro atoms. The van der Waals surface area contributed by atoms with Crippen LogP contribution in [0.2, 0.25) is 10.0 Å². The molecule has 72 valence electrons. The highest BCUT2D eigenvalue weighted by Crippen LogP contribution is 2.29. The third-order valence-electron chi connectivity index (χ3n) is 2.15. The number of aryl methyl sites for hydroxylation is 2. The summed E-state index contributed by atoms with van der Waals surface area (Å²) in [7, 11) is 0. The zero-order valence-electron chi connectivity index (χ0n) is 7.94. The number of halogens is 2. The predicted octanol–water partition coefficient (Wildman–Crippen LogP) is 4.16. The summed E-state index contributed by atoms with van der Waals surface area (Å²) in [6, 6.07) is 5.60. The van der Waals surface area contributed by atoms with E-state index in [2.05, 4.69) is 4.98 Å². The number of fused-ring (bicyclic) bond motifs is 1. The minimum Gasteiger partial charge on any atom is -0.253 e. The first kappa shape index (κ1) is 9.75. The fraction of sp³-hybridized carbons (Fsp3) is 0.182. The van der Waals surface area contributed by atoms with Crippen molar-refractivity contribution < 1.29 is 0 Å². The van der Waals surface area contributed by atoms with Crippen LogP contribution in [-0.4, -0.2) is 4.98 Å². The van der Waals surface area contributed by atoms with Gasteiger partial charge in [-0.15, -0.1) is 0 Å². The summed E-state index contributed by atoms with van der Waals surface area (Å²) in [5, 5.41) is 2.28. The van der Waals surface area contributed by atoms with Crippen molar-refractivity contribution in [3.05, 3.63) is 39.5 Å². The van der Waals surface area contributed by atoms with E-state index in [-0.39, 0.29) is 0 Å². The van der Waals surface area contributed by atoms with Crippen LogP contribution in [0.4, 0.5) is 0 Å². The molecule has 1 heterocycles. The molecule has 0 aliphatic heterocycles. The molecule has 0 amide bonds. The molecule has 0 saturated carbocycles. The van der Waals surface area contributed by atoms with E-state index in [9.17, 15) is 0 Å². The monoisotopic (exact) mass is 225 g/mol. The lowest BCUT2D eigenvalue weighted by Crippen LogP contribution is -1.88. The number of aromatic nitrogens is 1. The van der Waals surface area contributed by atoms with Crippen LogP contribution in [0.15, 0.2) is 18.2 Å². The van der Waals surface area contributed by atoms with Gasteiger partial charge in [-0.3, -0.25) is 4.98 Å². The van der Waals surface area contributed by atoms with Crippen LogP contribution in [0.3, 0.4) is 0 Å². The van der Waals surface area contributed by atoms with Gasteiger partial charge < -0.3 is 0 Å². The molecule has 0 bridgehead atoms. The number of hydrogen-bond acceptors (Lipinski definition) is 1. The molecular formula is C11H9Cl2N. The predicted molar refractivity (Wildman–Crippen MR) is 61.2 cm³/mol. The van der Waals surface area contributed by atoms with Crippen molar-refractivity contribution in [1.29, 1.82) is 0 Å². The zero-order chi connectivity index (χ0) is 10.3. The molecule has 2 aromatic rings. The van der Waals surface area contributed by atoms with Gasteiger partial charge in [-0.2, -0.15) is 0 Å². The fourth-order valence-corrected chi connectivity index (χ4v) is 2.28. The van der Waals surface area contributed by atoms with Crippen LogP contribution in [0.5, 0.6) is 0 Å². The molecule has 0 aliphatic rings. The van der Waals surface area contributed by atoms with Crippen LogP contribution in [0.1, 0.15) is 11.3 Å². The number of nitrogens with zero attached hydrogens (tertiary/aromatic N) is 1. The van der Waals surface area contributed by atoms with E-state index in [1.807, 2.05) is 26.0 Å². The van der Waals surface area contributed by atoms with E-state index in [4.69, 9.17) is 23.2 Å². The quantitative estimate of drug-likeness (QED) is 0.657. The molecule has 0 N–H and O–H groups in total. The Morgan fingerprint density at radius 3 is 2.50 bits per heavy atom. The van der Waals surface area contributed by atoms with Crippen LogP contribution in [0, 0.1) is 13.8 Å². The SMILES string of the molecule is Cc1cc(C)c2c(Cl)cc(Cl)cc2n1. The molecule has 0 unspecified atom stereocenters. The van der Waals surface area contributed by atoms with E-state index in [0.29, 0.717) is 10.0 Å². The van der Waals surface area contributed by atoms with Crippen molar-refractivity contribution in [1.82, 2.24) is 4.98 Å². The van der Waals surface area contributed by atoms with Crippen molar-refractivity contribution in [3.63, 3.8) is 0 Å². The van der Waals surface area contributed by atoms with Crippen molar-refractivity contribution in [2.24, 2.45) is 0 Å². The Balaban J connectivity index is 2.94.